The maximum Gasteiger partial charge on any atom is 0.250 e. The smallest absolute Gasteiger partial charge is 0.250 e. The molecule has 1 heterocycles. The van der Waals surface area contributed by atoms with E-state index in [0.717, 1.165) is 10.7 Å². The van der Waals surface area contributed by atoms with Gasteiger partial charge in [0.05, 0.1) is 34.2 Å². The Morgan fingerprint density at radius 2 is 2.21 bits per heavy atom. The van der Waals surface area contributed by atoms with E-state index >= 15 is 0 Å². The average molecular weight is 276 g/mol. The highest BCUT2D eigenvalue weighted by molar-refractivity contribution is 7.09. The number of aromatic nitrogens is 1. The quantitative estimate of drug-likeness (QED) is 0.833. The maximum absolute atomic E-state index is 11.5. The second-order valence-electron chi connectivity index (χ2n) is 4.32. The third-order valence-electron chi connectivity index (χ3n) is 2.78. The van der Waals surface area contributed by atoms with Gasteiger partial charge in [-0.1, -0.05) is 6.07 Å². The Morgan fingerprint density at radius 3 is 2.79 bits per heavy atom. The van der Waals surface area contributed by atoms with Crippen LogP contribution in [0.5, 0.6) is 0 Å². The molecule has 1 aromatic carbocycles. The number of para-hydroxylation sites is 1. The van der Waals surface area contributed by atoms with Gasteiger partial charge < -0.3 is 16.4 Å². The molecule has 100 valence electrons. The van der Waals surface area contributed by atoms with E-state index in [4.69, 9.17) is 11.5 Å². The van der Waals surface area contributed by atoms with E-state index in [1.54, 1.807) is 29.5 Å². The number of rotatable bonds is 4. The van der Waals surface area contributed by atoms with Crippen molar-refractivity contribution in [3.05, 3.63) is 39.8 Å². The molecule has 0 radical (unpaired) electrons. The molecule has 0 fully saturated rings. The molecule has 0 atom stereocenters. The van der Waals surface area contributed by atoms with Crippen LogP contribution in [0.15, 0.2) is 23.6 Å². The lowest BCUT2D eigenvalue weighted by atomic mass is 10.1. The third kappa shape index (κ3) is 2.85. The standard InChI is InChI=1S/C13H16N4OS/c1-8-16-9(7-19-8)6-17(2)12-10(13(15)18)4-3-5-11(12)14/h3-5,7H,6,14H2,1-2H3,(H2,15,18). The van der Waals surface area contributed by atoms with E-state index in [9.17, 15) is 4.79 Å². The minimum absolute atomic E-state index is 0.425. The first-order valence-corrected chi connectivity index (χ1v) is 6.67. The van der Waals surface area contributed by atoms with Gasteiger partial charge in [0.25, 0.3) is 5.91 Å². The monoisotopic (exact) mass is 276 g/mol. The van der Waals surface area contributed by atoms with Crippen LogP contribution in [0.25, 0.3) is 0 Å². The number of carbonyl (C=O) groups is 1. The first-order chi connectivity index (χ1) is 8.99. The highest BCUT2D eigenvalue weighted by atomic mass is 32.1. The topological polar surface area (TPSA) is 85.2 Å². The summed E-state index contributed by atoms with van der Waals surface area (Å²) < 4.78 is 0. The molecule has 5 nitrogen and oxygen atoms in total. The highest BCUT2D eigenvalue weighted by Crippen LogP contribution is 2.28. The summed E-state index contributed by atoms with van der Waals surface area (Å²) in [6.07, 6.45) is 0. The van der Waals surface area contributed by atoms with Crippen LogP contribution in [0.1, 0.15) is 21.1 Å². The van der Waals surface area contributed by atoms with Gasteiger partial charge in [0.1, 0.15) is 0 Å². The lowest BCUT2D eigenvalue weighted by Crippen LogP contribution is -2.23. The summed E-state index contributed by atoms with van der Waals surface area (Å²) in [5.41, 5.74) is 13.9. The largest absolute Gasteiger partial charge is 0.397 e. The zero-order chi connectivity index (χ0) is 14.0. The van der Waals surface area contributed by atoms with Crippen LogP contribution in [0.3, 0.4) is 0 Å². The van der Waals surface area contributed by atoms with Crippen molar-refractivity contribution in [3.63, 3.8) is 0 Å². The molecule has 0 aliphatic carbocycles. The van der Waals surface area contributed by atoms with Crippen LogP contribution >= 0.6 is 11.3 Å². The number of hydrogen-bond acceptors (Lipinski definition) is 5. The normalized spacial score (nSPS) is 10.4. The molecule has 4 N–H and O–H groups in total. The van der Waals surface area contributed by atoms with Crippen molar-refractivity contribution in [2.24, 2.45) is 5.73 Å². The molecule has 19 heavy (non-hydrogen) atoms. The number of primary amides is 1. The fourth-order valence-corrected chi connectivity index (χ4v) is 2.59. The number of benzene rings is 1. The predicted octanol–water partition coefficient (Wildman–Crippen LogP) is 1.77. The van der Waals surface area contributed by atoms with Gasteiger partial charge in [-0.3, -0.25) is 4.79 Å². The van der Waals surface area contributed by atoms with Crippen molar-refractivity contribution in [2.45, 2.75) is 13.5 Å². The van der Waals surface area contributed by atoms with Crippen molar-refractivity contribution in [1.29, 1.82) is 0 Å². The molecule has 2 rings (SSSR count). The third-order valence-corrected chi connectivity index (χ3v) is 3.60. The van der Waals surface area contributed by atoms with Crippen LogP contribution < -0.4 is 16.4 Å². The lowest BCUT2D eigenvalue weighted by Gasteiger charge is -2.22. The van der Waals surface area contributed by atoms with Crippen molar-refractivity contribution in [2.75, 3.05) is 17.7 Å². The fourth-order valence-electron chi connectivity index (χ4n) is 1.99. The lowest BCUT2D eigenvalue weighted by molar-refractivity contribution is 0.100. The minimum atomic E-state index is -0.483. The molecule has 0 saturated carbocycles. The van der Waals surface area contributed by atoms with Crippen LogP contribution in [0.4, 0.5) is 11.4 Å². The minimum Gasteiger partial charge on any atom is -0.397 e. The molecule has 1 aromatic heterocycles. The van der Waals surface area contributed by atoms with Gasteiger partial charge in [-0.05, 0) is 19.1 Å². The zero-order valence-corrected chi connectivity index (χ0v) is 11.7. The number of aryl methyl sites for hydroxylation is 1. The van der Waals surface area contributed by atoms with Crippen LogP contribution in [0, 0.1) is 6.92 Å². The molecule has 0 spiro atoms. The van der Waals surface area contributed by atoms with Crippen molar-refractivity contribution < 1.29 is 4.79 Å². The number of thiazole rings is 1. The summed E-state index contributed by atoms with van der Waals surface area (Å²) in [5, 5.41) is 3.01. The van der Waals surface area contributed by atoms with E-state index in [-0.39, 0.29) is 0 Å². The highest BCUT2D eigenvalue weighted by Gasteiger charge is 2.15. The van der Waals surface area contributed by atoms with Gasteiger partial charge in [0, 0.05) is 12.4 Å². The Morgan fingerprint density at radius 1 is 1.47 bits per heavy atom. The molecule has 0 bridgehead atoms. The summed E-state index contributed by atoms with van der Waals surface area (Å²) in [7, 11) is 1.87. The Hall–Kier alpha value is -2.08. The van der Waals surface area contributed by atoms with Gasteiger partial charge in [-0.2, -0.15) is 0 Å². The molecule has 6 heteroatoms. The second kappa shape index (κ2) is 5.27. The van der Waals surface area contributed by atoms with E-state index in [1.165, 1.54) is 0 Å². The zero-order valence-electron chi connectivity index (χ0n) is 10.9. The van der Waals surface area contributed by atoms with Crippen molar-refractivity contribution in [3.8, 4) is 0 Å². The Kier molecular flexibility index (Phi) is 3.71. The number of nitrogens with two attached hydrogens (primary N) is 2. The summed E-state index contributed by atoms with van der Waals surface area (Å²) in [5.74, 6) is -0.483. The first-order valence-electron chi connectivity index (χ1n) is 5.79. The summed E-state index contributed by atoms with van der Waals surface area (Å²) in [6.45, 7) is 2.54. The van der Waals surface area contributed by atoms with Gasteiger partial charge >= 0.3 is 0 Å². The molecule has 0 aliphatic heterocycles. The van der Waals surface area contributed by atoms with Gasteiger partial charge in [-0.15, -0.1) is 11.3 Å². The summed E-state index contributed by atoms with van der Waals surface area (Å²) in [6, 6.07) is 5.15. The second-order valence-corrected chi connectivity index (χ2v) is 5.38. The number of carbonyl (C=O) groups excluding carboxylic acids is 1. The Balaban J connectivity index is 2.32. The van der Waals surface area contributed by atoms with E-state index in [1.807, 2.05) is 24.3 Å². The number of anilines is 2. The number of hydrogen-bond donors (Lipinski definition) is 2. The molecule has 0 unspecified atom stereocenters. The molecule has 2 aromatic rings. The van der Waals surface area contributed by atoms with Gasteiger partial charge in [0.2, 0.25) is 0 Å². The molecular weight excluding hydrogens is 260 g/mol. The van der Waals surface area contributed by atoms with Crippen LogP contribution in [-0.4, -0.2) is 17.9 Å². The van der Waals surface area contributed by atoms with Gasteiger partial charge in [0.15, 0.2) is 0 Å². The first kappa shape index (κ1) is 13.4. The molecular formula is C13H16N4OS. The van der Waals surface area contributed by atoms with Crippen molar-refractivity contribution in [1.82, 2.24) is 4.98 Å². The van der Waals surface area contributed by atoms with Gasteiger partial charge in [-0.25, -0.2) is 4.98 Å². The predicted molar refractivity (Wildman–Crippen MR) is 78.3 cm³/mol. The van der Waals surface area contributed by atoms with E-state index in [2.05, 4.69) is 4.98 Å². The van der Waals surface area contributed by atoms with Crippen molar-refractivity contribution >= 4 is 28.6 Å². The Labute approximate surface area is 115 Å². The average Bonchev–Trinajstić information content (AvgIpc) is 2.74. The van der Waals surface area contributed by atoms with E-state index < -0.39 is 5.91 Å². The number of nitrogen functional groups attached to an aromatic ring is 1. The SMILES string of the molecule is Cc1nc(CN(C)c2c(N)cccc2C(N)=O)cs1. The molecule has 0 saturated heterocycles. The fraction of sp³-hybridized carbons (Fsp3) is 0.231. The number of amides is 1. The van der Waals surface area contributed by atoms with E-state index in [0.29, 0.717) is 23.5 Å². The number of nitrogens with zero attached hydrogens (tertiary/aromatic N) is 2. The van der Waals surface area contributed by atoms with Crippen LogP contribution in [0.2, 0.25) is 0 Å². The molecule has 0 aliphatic rings. The summed E-state index contributed by atoms with van der Waals surface area (Å²) >= 11 is 1.60. The Bertz CT molecular complexity index is 608. The molecule has 1 amide bonds. The summed E-state index contributed by atoms with van der Waals surface area (Å²) in [4.78, 5) is 17.8. The maximum atomic E-state index is 11.5. The van der Waals surface area contributed by atoms with Crippen LogP contribution in [-0.2, 0) is 6.54 Å².